The fourth-order valence-corrected chi connectivity index (χ4v) is 1.77. The summed E-state index contributed by atoms with van der Waals surface area (Å²) in [5.41, 5.74) is -1.04. The number of rotatable bonds is 4. The first-order valence-electron chi connectivity index (χ1n) is 6.06. The van der Waals surface area contributed by atoms with Gasteiger partial charge in [0.25, 0.3) is 17.4 Å². The van der Waals surface area contributed by atoms with Crippen LogP contribution in [0.4, 0.5) is 5.69 Å². The van der Waals surface area contributed by atoms with Gasteiger partial charge in [-0.1, -0.05) is 12.1 Å². The first-order valence-corrected chi connectivity index (χ1v) is 6.06. The molecule has 0 fully saturated rings. The zero-order chi connectivity index (χ0) is 13.9. The second-order valence-electron chi connectivity index (χ2n) is 4.42. The molecule has 1 aromatic rings. The number of carbonyl (C=O) groups excluding carboxylic acids is 2. The predicted octanol–water partition coefficient (Wildman–Crippen LogP) is 0.275. The van der Waals surface area contributed by atoms with Crippen LogP contribution >= 0.6 is 0 Å². The molecular formula is C13H16N2O4. The Morgan fingerprint density at radius 1 is 1.47 bits per heavy atom. The summed E-state index contributed by atoms with van der Waals surface area (Å²) in [6, 6.07) is 6.93. The van der Waals surface area contributed by atoms with Crippen molar-refractivity contribution in [3.05, 3.63) is 24.3 Å². The van der Waals surface area contributed by atoms with E-state index in [-0.39, 0.29) is 6.61 Å². The molecule has 6 nitrogen and oxygen atoms in total. The highest BCUT2D eigenvalue weighted by molar-refractivity contribution is 6.15. The lowest BCUT2D eigenvalue weighted by Crippen LogP contribution is -2.58. The molecule has 1 aromatic carbocycles. The van der Waals surface area contributed by atoms with E-state index in [4.69, 9.17) is 9.84 Å². The minimum absolute atomic E-state index is 0.0210. The number of fused-ring (bicyclic) bond motifs is 1. The highest BCUT2D eigenvalue weighted by Crippen LogP contribution is 2.33. The molecular weight excluding hydrogens is 248 g/mol. The van der Waals surface area contributed by atoms with Crippen molar-refractivity contribution in [2.45, 2.75) is 18.9 Å². The number of hydrogen-bond donors (Lipinski definition) is 3. The van der Waals surface area contributed by atoms with Crippen LogP contribution in [0.15, 0.2) is 24.3 Å². The molecule has 19 heavy (non-hydrogen) atoms. The summed E-state index contributed by atoms with van der Waals surface area (Å²) >= 11 is 0. The molecule has 3 N–H and O–H groups in total. The fraction of sp³-hybridized carbons (Fsp3) is 0.385. The Hall–Kier alpha value is -2.08. The molecule has 1 heterocycles. The minimum atomic E-state index is -1.59. The van der Waals surface area contributed by atoms with Crippen LogP contribution in [0.5, 0.6) is 5.75 Å². The number of nitrogens with one attached hydrogen (secondary N) is 2. The van der Waals surface area contributed by atoms with Crippen LogP contribution in [-0.4, -0.2) is 35.7 Å². The summed E-state index contributed by atoms with van der Waals surface area (Å²) in [6.07, 6.45) is 0.431. The monoisotopic (exact) mass is 264 g/mol. The third-order valence-electron chi connectivity index (χ3n) is 2.94. The first kappa shape index (κ1) is 13.4. The molecule has 102 valence electrons. The largest absolute Gasteiger partial charge is 0.466 e. The van der Waals surface area contributed by atoms with E-state index in [1.165, 1.54) is 6.92 Å². The lowest BCUT2D eigenvalue weighted by atomic mass is 10.0. The van der Waals surface area contributed by atoms with Gasteiger partial charge in [0.15, 0.2) is 0 Å². The van der Waals surface area contributed by atoms with E-state index >= 15 is 0 Å². The van der Waals surface area contributed by atoms with Crippen molar-refractivity contribution < 1.29 is 19.4 Å². The zero-order valence-corrected chi connectivity index (χ0v) is 10.6. The number of amides is 2. The van der Waals surface area contributed by atoms with Gasteiger partial charge in [0.05, 0.1) is 5.69 Å². The Bertz CT molecular complexity index is 503. The molecule has 1 aliphatic rings. The van der Waals surface area contributed by atoms with Gasteiger partial charge in [-0.3, -0.25) is 9.59 Å². The molecule has 0 saturated carbocycles. The maximum Gasteiger partial charge on any atom is 0.278 e. The highest BCUT2D eigenvalue weighted by atomic mass is 16.5. The molecule has 6 heteroatoms. The summed E-state index contributed by atoms with van der Waals surface area (Å²) in [4.78, 5) is 24.0. The van der Waals surface area contributed by atoms with Crippen LogP contribution in [0.2, 0.25) is 0 Å². The average molecular weight is 264 g/mol. The Kier molecular flexibility index (Phi) is 3.71. The Balaban J connectivity index is 2.15. The van der Waals surface area contributed by atoms with Gasteiger partial charge in [-0.25, -0.2) is 0 Å². The quantitative estimate of drug-likeness (QED) is 0.538. The van der Waals surface area contributed by atoms with Crippen molar-refractivity contribution in [1.82, 2.24) is 5.32 Å². The number of benzene rings is 1. The van der Waals surface area contributed by atoms with Crippen molar-refractivity contribution >= 4 is 17.5 Å². The number of carbonyl (C=O) groups is 2. The van der Waals surface area contributed by atoms with Gasteiger partial charge in [-0.05, 0) is 25.5 Å². The maximum atomic E-state index is 12.0. The van der Waals surface area contributed by atoms with Gasteiger partial charge in [-0.2, -0.15) is 0 Å². The topological polar surface area (TPSA) is 87.7 Å². The van der Waals surface area contributed by atoms with Crippen LogP contribution in [0, 0.1) is 0 Å². The Morgan fingerprint density at radius 3 is 2.95 bits per heavy atom. The van der Waals surface area contributed by atoms with Crippen molar-refractivity contribution in [1.29, 1.82) is 0 Å². The molecule has 0 radical (unpaired) electrons. The summed E-state index contributed by atoms with van der Waals surface area (Å²) in [6.45, 7) is 1.70. The van der Waals surface area contributed by atoms with Gasteiger partial charge in [0.2, 0.25) is 0 Å². The van der Waals surface area contributed by atoms with Crippen molar-refractivity contribution in [2.24, 2.45) is 0 Å². The molecule has 0 saturated heterocycles. The van der Waals surface area contributed by atoms with E-state index < -0.39 is 17.4 Å². The SMILES string of the molecule is CC1(C(=O)NCCCO)Oc2ccccc2NC1=O. The first-order chi connectivity index (χ1) is 9.08. The van der Waals surface area contributed by atoms with Crippen LogP contribution in [0.25, 0.3) is 0 Å². The highest BCUT2D eigenvalue weighted by Gasteiger charge is 2.46. The second-order valence-corrected chi connectivity index (χ2v) is 4.42. The van der Waals surface area contributed by atoms with Crippen molar-refractivity contribution in [3.8, 4) is 5.75 Å². The molecule has 2 amide bonds. The standard InChI is InChI=1S/C13H16N2O4/c1-13(11(17)14-7-4-8-16)12(18)15-9-5-2-3-6-10(9)19-13/h2-3,5-6,16H,4,7-8H2,1H3,(H,14,17)(H,15,18). The van der Waals surface area contributed by atoms with Gasteiger partial charge < -0.3 is 20.5 Å². The molecule has 1 aliphatic heterocycles. The third kappa shape index (κ3) is 2.53. The van der Waals surface area contributed by atoms with Crippen LogP contribution < -0.4 is 15.4 Å². The minimum Gasteiger partial charge on any atom is -0.466 e. The summed E-state index contributed by atoms with van der Waals surface area (Å²) < 4.78 is 5.54. The molecule has 0 aromatic heterocycles. The number of hydrogen-bond acceptors (Lipinski definition) is 4. The number of aliphatic hydroxyl groups is 1. The van der Waals surface area contributed by atoms with Crippen molar-refractivity contribution in [3.63, 3.8) is 0 Å². The number of para-hydroxylation sites is 2. The molecule has 2 rings (SSSR count). The van der Waals surface area contributed by atoms with Gasteiger partial charge in [-0.15, -0.1) is 0 Å². The molecule has 1 atom stereocenters. The third-order valence-corrected chi connectivity index (χ3v) is 2.94. The van der Waals surface area contributed by atoms with Crippen molar-refractivity contribution in [2.75, 3.05) is 18.5 Å². The van der Waals surface area contributed by atoms with Gasteiger partial charge in [0.1, 0.15) is 5.75 Å². The van der Waals surface area contributed by atoms with Crippen LogP contribution in [-0.2, 0) is 9.59 Å². The average Bonchev–Trinajstić information content (AvgIpc) is 2.40. The number of anilines is 1. The predicted molar refractivity (Wildman–Crippen MR) is 68.8 cm³/mol. The number of aliphatic hydroxyl groups excluding tert-OH is 1. The Labute approximate surface area is 110 Å². The molecule has 0 bridgehead atoms. The maximum absolute atomic E-state index is 12.0. The van der Waals surface area contributed by atoms with Crippen LogP contribution in [0.1, 0.15) is 13.3 Å². The van der Waals surface area contributed by atoms with E-state index in [1.54, 1.807) is 24.3 Å². The van der Waals surface area contributed by atoms with E-state index in [0.717, 1.165) is 0 Å². The van der Waals surface area contributed by atoms with E-state index in [1.807, 2.05) is 0 Å². The lowest BCUT2D eigenvalue weighted by Gasteiger charge is -2.33. The molecule has 0 spiro atoms. The smallest absolute Gasteiger partial charge is 0.278 e. The second kappa shape index (κ2) is 5.27. The zero-order valence-electron chi connectivity index (χ0n) is 10.6. The molecule has 0 aliphatic carbocycles. The summed E-state index contributed by atoms with van der Waals surface area (Å²) in [5, 5.41) is 13.9. The number of ether oxygens (including phenoxy) is 1. The Morgan fingerprint density at radius 2 is 2.21 bits per heavy atom. The summed E-state index contributed by atoms with van der Waals surface area (Å²) in [7, 11) is 0. The molecule has 1 unspecified atom stereocenters. The van der Waals surface area contributed by atoms with Gasteiger partial charge >= 0.3 is 0 Å². The summed E-state index contributed by atoms with van der Waals surface area (Å²) in [5.74, 6) is -0.567. The fourth-order valence-electron chi connectivity index (χ4n) is 1.77. The van der Waals surface area contributed by atoms with Crippen LogP contribution in [0.3, 0.4) is 0 Å². The van der Waals surface area contributed by atoms with E-state index in [0.29, 0.717) is 24.4 Å². The van der Waals surface area contributed by atoms with E-state index in [2.05, 4.69) is 10.6 Å². The van der Waals surface area contributed by atoms with Gasteiger partial charge in [0, 0.05) is 13.2 Å². The van der Waals surface area contributed by atoms with E-state index in [9.17, 15) is 9.59 Å². The normalized spacial score (nSPS) is 21.1. The lowest BCUT2D eigenvalue weighted by molar-refractivity contribution is -0.146.